The van der Waals surface area contributed by atoms with Crippen LogP contribution in [0.3, 0.4) is 0 Å². The number of aromatic nitrogens is 1. The molecule has 0 bridgehead atoms. The molecule has 6 nitrogen and oxygen atoms in total. The zero-order valence-corrected chi connectivity index (χ0v) is 10.6. The maximum atomic E-state index is 11.7. The standard InChI is InChI=1S/C12H15N3O3/c1-12(2)10(16)14-11(17)15(12)7-8-5-4-6-9(13-8)18-3/h4-6H,7H2,1-3H3,(H,14,16,17). The molecule has 1 aromatic heterocycles. The largest absolute Gasteiger partial charge is 0.481 e. The minimum Gasteiger partial charge on any atom is -0.481 e. The van der Waals surface area contributed by atoms with Crippen molar-refractivity contribution < 1.29 is 14.3 Å². The number of amides is 3. The zero-order chi connectivity index (χ0) is 13.3. The Balaban J connectivity index is 2.23. The summed E-state index contributed by atoms with van der Waals surface area (Å²) in [7, 11) is 1.53. The van der Waals surface area contributed by atoms with Gasteiger partial charge in [0.25, 0.3) is 5.91 Å². The van der Waals surface area contributed by atoms with Crippen molar-refractivity contribution in [2.75, 3.05) is 7.11 Å². The van der Waals surface area contributed by atoms with Crippen molar-refractivity contribution in [2.24, 2.45) is 0 Å². The van der Waals surface area contributed by atoms with Gasteiger partial charge in [-0.05, 0) is 19.9 Å². The molecule has 0 aromatic carbocycles. The summed E-state index contributed by atoms with van der Waals surface area (Å²) in [5.41, 5.74) is -0.186. The van der Waals surface area contributed by atoms with Gasteiger partial charge in [-0.25, -0.2) is 9.78 Å². The van der Waals surface area contributed by atoms with Gasteiger partial charge in [0.05, 0.1) is 19.3 Å². The topological polar surface area (TPSA) is 71.5 Å². The fourth-order valence-corrected chi connectivity index (χ4v) is 1.78. The molecule has 18 heavy (non-hydrogen) atoms. The van der Waals surface area contributed by atoms with Gasteiger partial charge in [0.1, 0.15) is 5.54 Å². The van der Waals surface area contributed by atoms with E-state index in [1.807, 2.05) is 0 Å². The van der Waals surface area contributed by atoms with E-state index in [9.17, 15) is 9.59 Å². The van der Waals surface area contributed by atoms with Gasteiger partial charge in [-0.2, -0.15) is 0 Å². The van der Waals surface area contributed by atoms with Crippen molar-refractivity contribution in [3.63, 3.8) is 0 Å². The lowest BCUT2D eigenvalue weighted by Gasteiger charge is -2.27. The summed E-state index contributed by atoms with van der Waals surface area (Å²) in [5, 5.41) is 2.30. The van der Waals surface area contributed by atoms with Crippen LogP contribution >= 0.6 is 0 Å². The van der Waals surface area contributed by atoms with Crippen LogP contribution in [0.5, 0.6) is 5.88 Å². The van der Waals surface area contributed by atoms with E-state index in [0.717, 1.165) is 0 Å². The summed E-state index contributed by atoms with van der Waals surface area (Å²) >= 11 is 0. The molecule has 1 saturated heterocycles. The highest BCUT2D eigenvalue weighted by molar-refractivity contribution is 6.06. The average molecular weight is 249 g/mol. The number of methoxy groups -OCH3 is 1. The van der Waals surface area contributed by atoms with E-state index >= 15 is 0 Å². The second-order valence-electron chi connectivity index (χ2n) is 4.58. The number of urea groups is 1. The monoisotopic (exact) mass is 249 g/mol. The number of imide groups is 1. The maximum absolute atomic E-state index is 11.7. The Bertz CT molecular complexity index is 499. The summed E-state index contributed by atoms with van der Waals surface area (Å²) in [4.78, 5) is 29.0. The van der Waals surface area contributed by atoms with Crippen molar-refractivity contribution in [2.45, 2.75) is 25.9 Å². The Kier molecular flexibility index (Phi) is 2.94. The van der Waals surface area contributed by atoms with Gasteiger partial charge in [-0.1, -0.05) is 6.07 Å². The van der Waals surface area contributed by atoms with Gasteiger partial charge in [-0.3, -0.25) is 10.1 Å². The molecule has 3 amide bonds. The minimum absolute atomic E-state index is 0.266. The van der Waals surface area contributed by atoms with Crippen LogP contribution in [0, 0.1) is 0 Å². The minimum atomic E-state index is -0.859. The molecule has 0 atom stereocenters. The predicted octanol–water partition coefficient (Wildman–Crippen LogP) is 0.921. The van der Waals surface area contributed by atoms with Crippen molar-refractivity contribution in [3.8, 4) is 5.88 Å². The molecule has 1 aliphatic rings. The molecule has 0 saturated carbocycles. The Morgan fingerprint density at radius 3 is 2.67 bits per heavy atom. The van der Waals surface area contributed by atoms with E-state index in [1.165, 1.54) is 12.0 Å². The smallest absolute Gasteiger partial charge is 0.325 e. The molecule has 0 aliphatic carbocycles. The SMILES string of the molecule is COc1cccc(CN2C(=O)NC(=O)C2(C)C)n1. The Hall–Kier alpha value is -2.11. The lowest BCUT2D eigenvalue weighted by molar-refractivity contribution is -0.125. The third-order valence-corrected chi connectivity index (χ3v) is 3.01. The first-order chi connectivity index (χ1) is 8.45. The quantitative estimate of drug-likeness (QED) is 0.809. The van der Waals surface area contributed by atoms with Crippen LogP contribution in [0.25, 0.3) is 0 Å². The van der Waals surface area contributed by atoms with Gasteiger partial charge >= 0.3 is 6.03 Å². The summed E-state index contributed by atoms with van der Waals surface area (Å²) in [6, 6.07) is 4.91. The first kappa shape index (κ1) is 12.3. The second-order valence-corrected chi connectivity index (χ2v) is 4.58. The number of hydrogen-bond acceptors (Lipinski definition) is 4. The maximum Gasteiger partial charge on any atom is 0.325 e. The van der Waals surface area contributed by atoms with Gasteiger partial charge in [0, 0.05) is 6.07 Å². The average Bonchev–Trinajstić information content (AvgIpc) is 2.52. The number of rotatable bonds is 3. The molecule has 1 N–H and O–H groups in total. The molecule has 2 rings (SSSR count). The van der Waals surface area contributed by atoms with Crippen LogP contribution in [0.15, 0.2) is 18.2 Å². The highest BCUT2D eigenvalue weighted by atomic mass is 16.5. The molecular formula is C12H15N3O3. The molecule has 96 valence electrons. The normalized spacial score (nSPS) is 17.8. The van der Waals surface area contributed by atoms with Crippen LogP contribution in [0.1, 0.15) is 19.5 Å². The van der Waals surface area contributed by atoms with E-state index < -0.39 is 11.6 Å². The summed E-state index contributed by atoms with van der Waals surface area (Å²) in [5.74, 6) is 0.187. The molecule has 1 aromatic rings. The molecule has 0 radical (unpaired) electrons. The van der Waals surface area contributed by atoms with Crippen LogP contribution in [-0.4, -0.2) is 34.5 Å². The van der Waals surface area contributed by atoms with E-state index in [1.54, 1.807) is 32.0 Å². The molecule has 6 heteroatoms. The van der Waals surface area contributed by atoms with Crippen LogP contribution < -0.4 is 10.1 Å². The summed E-state index contributed by atoms with van der Waals surface area (Å²) in [6.45, 7) is 3.67. The highest BCUT2D eigenvalue weighted by Gasteiger charge is 2.45. The van der Waals surface area contributed by atoms with E-state index in [-0.39, 0.29) is 12.5 Å². The molecule has 2 heterocycles. The van der Waals surface area contributed by atoms with Crippen molar-refractivity contribution in [1.29, 1.82) is 0 Å². The molecule has 0 spiro atoms. The number of nitrogens with zero attached hydrogens (tertiary/aromatic N) is 2. The summed E-state index contributed by atoms with van der Waals surface area (Å²) in [6.07, 6.45) is 0. The molecule has 0 unspecified atom stereocenters. The third kappa shape index (κ3) is 2.01. The van der Waals surface area contributed by atoms with Gasteiger partial charge in [0.2, 0.25) is 5.88 Å². The van der Waals surface area contributed by atoms with Gasteiger partial charge < -0.3 is 9.64 Å². The van der Waals surface area contributed by atoms with Crippen molar-refractivity contribution in [1.82, 2.24) is 15.2 Å². The predicted molar refractivity (Wildman–Crippen MR) is 63.9 cm³/mol. The third-order valence-electron chi connectivity index (χ3n) is 3.01. The van der Waals surface area contributed by atoms with Crippen molar-refractivity contribution >= 4 is 11.9 Å². The Morgan fingerprint density at radius 1 is 1.39 bits per heavy atom. The first-order valence-corrected chi connectivity index (χ1v) is 5.58. The number of hydrogen-bond donors (Lipinski definition) is 1. The molecule has 1 aliphatic heterocycles. The van der Waals surface area contributed by atoms with E-state index in [0.29, 0.717) is 11.6 Å². The zero-order valence-electron chi connectivity index (χ0n) is 10.6. The van der Waals surface area contributed by atoms with E-state index in [4.69, 9.17) is 4.74 Å². The van der Waals surface area contributed by atoms with Crippen molar-refractivity contribution in [3.05, 3.63) is 23.9 Å². The second kappa shape index (κ2) is 4.29. The number of nitrogens with one attached hydrogen (secondary N) is 1. The molecule has 1 fully saturated rings. The van der Waals surface area contributed by atoms with Crippen LogP contribution in [0.4, 0.5) is 4.79 Å². The van der Waals surface area contributed by atoms with Crippen LogP contribution in [-0.2, 0) is 11.3 Å². The fourth-order valence-electron chi connectivity index (χ4n) is 1.78. The van der Waals surface area contributed by atoms with E-state index in [2.05, 4.69) is 10.3 Å². The first-order valence-electron chi connectivity index (χ1n) is 5.58. The lowest BCUT2D eigenvalue weighted by Crippen LogP contribution is -2.43. The fraction of sp³-hybridized carbons (Fsp3) is 0.417. The lowest BCUT2D eigenvalue weighted by atomic mass is 10.0. The number of ether oxygens (including phenoxy) is 1. The van der Waals surface area contributed by atoms with Gasteiger partial charge in [0.15, 0.2) is 0 Å². The van der Waals surface area contributed by atoms with Gasteiger partial charge in [-0.15, -0.1) is 0 Å². The highest BCUT2D eigenvalue weighted by Crippen LogP contribution is 2.23. The Morgan fingerprint density at radius 2 is 2.11 bits per heavy atom. The number of pyridine rings is 1. The summed E-state index contributed by atoms with van der Waals surface area (Å²) < 4.78 is 5.02. The molecular weight excluding hydrogens is 234 g/mol. The number of carbonyl (C=O) groups is 2. The Labute approximate surface area is 105 Å². The number of carbonyl (C=O) groups excluding carboxylic acids is 2. The van der Waals surface area contributed by atoms with Crippen LogP contribution in [0.2, 0.25) is 0 Å².